The van der Waals surface area contributed by atoms with Crippen LogP contribution < -0.4 is 14.8 Å². The number of carbonyl (C=O) groups is 1. The first-order valence-electron chi connectivity index (χ1n) is 7.92. The van der Waals surface area contributed by atoms with Gasteiger partial charge >= 0.3 is 18.2 Å². The highest BCUT2D eigenvalue weighted by Crippen LogP contribution is 2.47. The number of carboxylic acids is 1. The molecule has 0 bridgehead atoms. The summed E-state index contributed by atoms with van der Waals surface area (Å²) in [6, 6.07) is 10.0. The second-order valence-corrected chi connectivity index (χ2v) is 6.04. The summed E-state index contributed by atoms with van der Waals surface area (Å²) in [6.45, 7) is 0.227. The highest BCUT2D eigenvalue weighted by Gasteiger charge is 2.65. The van der Waals surface area contributed by atoms with Crippen molar-refractivity contribution in [3.63, 3.8) is 0 Å². The SMILES string of the molecule is O=C(O)c1cc2ccc(CNc3ccc4c(c3)OC(F)(F)C(F)(F)O4)cc2o1. The molecule has 0 aliphatic carbocycles. The van der Waals surface area contributed by atoms with Gasteiger partial charge in [-0.15, -0.1) is 0 Å². The maximum absolute atomic E-state index is 13.3. The molecular formula is C18H11F4NO5. The number of rotatable bonds is 4. The van der Waals surface area contributed by atoms with E-state index in [0.717, 1.165) is 12.1 Å². The normalized spacial score (nSPS) is 16.7. The summed E-state index contributed by atoms with van der Waals surface area (Å²) in [5, 5.41) is 12.5. The highest BCUT2D eigenvalue weighted by molar-refractivity contribution is 5.91. The van der Waals surface area contributed by atoms with E-state index in [0.29, 0.717) is 22.2 Å². The molecule has 0 saturated heterocycles. The van der Waals surface area contributed by atoms with Crippen molar-refractivity contribution in [2.45, 2.75) is 18.8 Å². The first-order chi connectivity index (χ1) is 13.1. The molecule has 2 heterocycles. The number of fused-ring (bicyclic) bond motifs is 2. The Balaban J connectivity index is 1.51. The van der Waals surface area contributed by atoms with Crippen molar-refractivity contribution >= 4 is 22.6 Å². The van der Waals surface area contributed by atoms with Crippen LogP contribution in [0.4, 0.5) is 23.2 Å². The molecule has 2 aromatic carbocycles. The molecule has 10 heteroatoms. The average molecular weight is 397 g/mol. The fourth-order valence-electron chi connectivity index (χ4n) is 2.67. The van der Waals surface area contributed by atoms with Crippen LogP contribution in [0.1, 0.15) is 16.1 Å². The maximum atomic E-state index is 13.3. The van der Waals surface area contributed by atoms with Gasteiger partial charge in [-0.05, 0) is 29.8 Å². The third-order valence-corrected chi connectivity index (χ3v) is 4.05. The summed E-state index contributed by atoms with van der Waals surface area (Å²) in [6.07, 6.45) is -9.55. The Kier molecular flexibility index (Phi) is 3.88. The lowest BCUT2D eigenvalue weighted by atomic mass is 10.1. The van der Waals surface area contributed by atoms with Crippen LogP contribution in [0.25, 0.3) is 11.0 Å². The van der Waals surface area contributed by atoms with Gasteiger partial charge in [0, 0.05) is 23.7 Å². The minimum atomic E-state index is -4.79. The molecule has 1 aliphatic heterocycles. The summed E-state index contributed by atoms with van der Waals surface area (Å²) in [5.74, 6) is -2.40. The number of carboxylic acid groups (broad SMARTS) is 1. The van der Waals surface area contributed by atoms with E-state index >= 15 is 0 Å². The molecule has 146 valence electrons. The zero-order valence-corrected chi connectivity index (χ0v) is 13.8. The standard InChI is InChI=1S/C18H11F4NO5/c19-17(20)18(21,22)28-14-7-11(3-4-12(14)27-17)23-8-9-1-2-10-6-15(16(24)25)26-13(10)5-9/h1-7,23H,8H2,(H,24,25). The van der Waals surface area contributed by atoms with Crippen LogP contribution in [0, 0.1) is 0 Å². The van der Waals surface area contributed by atoms with Gasteiger partial charge in [-0.3, -0.25) is 0 Å². The van der Waals surface area contributed by atoms with Crippen molar-refractivity contribution in [1.82, 2.24) is 0 Å². The predicted molar refractivity (Wildman–Crippen MR) is 88.1 cm³/mol. The topological polar surface area (TPSA) is 80.9 Å². The van der Waals surface area contributed by atoms with Gasteiger partial charge in [0.05, 0.1) is 0 Å². The highest BCUT2D eigenvalue weighted by atomic mass is 19.3. The van der Waals surface area contributed by atoms with Gasteiger partial charge in [0.15, 0.2) is 11.5 Å². The van der Waals surface area contributed by atoms with Crippen LogP contribution >= 0.6 is 0 Å². The molecule has 0 amide bonds. The van der Waals surface area contributed by atoms with Crippen LogP contribution in [-0.4, -0.2) is 23.3 Å². The zero-order chi connectivity index (χ0) is 20.1. The van der Waals surface area contributed by atoms with E-state index < -0.39 is 29.7 Å². The molecule has 0 radical (unpaired) electrons. The van der Waals surface area contributed by atoms with E-state index in [9.17, 15) is 22.4 Å². The number of hydrogen-bond donors (Lipinski definition) is 2. The van der Waals surface area contributed by atoms with Crippen LogP contribution in [0.3, 0.4) is 0 Å². The number of benzene rings is 2. The van der Waals surface area contributed by atoms with Gasteiger partial charge in [0.25, 0.3) is 0 Å². The molecule has 0 fully saturated rings. The van der Waals surface area contributed by atoms with E-state index in [2.05, 4.69) is 14.8 Å². The molecule has 1 aromatic heterocycles. The molecule has 3 aromatic rings. The van der Waals surface area contributed by atoms with E-state index in [4.69, 9.17) is 9.52 Å². The Morgan fingerprint density at radius 2 is 1.68 bits per heavy atom. The van der Waals surface area contributed by atoms with Crippen molar-refractivity contribution in [1.29, 1.82) is 0 Å². The maximum Gasteiger partial charge on any atom is 0.507 e. The second-order valence-electron chi connectivity index (χ2n) is 6.04. The smallest absolute Gasteiger partial charge is 0.475 e. The molecule has 1 aliphatic rings. The number of halogens is 4. The second kappa shape index (κ2) is 6.04. The number of aromatic carboxylic acids is 1. The van der Waals surface area contributed by atoms with Crippen molar-refractivity contribution in [2.24, 2.45) is 0 Å². The Morgan fingerprint density at radius 1 is 0.964 bits per heavy atom. The van der Waals surface area contributed by atoms with Gasteiger partial charge in [0.2, 0.25) is 5.76 Å². The molecule has 0 unspecified atom stereocenters. The van der Waals surface area contributed by atoms with E-state index in [-0.39, 0.29) is 12.3 Å². The first kappa shape index (κ1) is 18.0. The number of ether oxygens (including phenoxy) is 2. The van der Waals surface area contributed by atoms with Gasteiger partial charge in [0.1, 0.15) is 5.58 Å². The summed E-state index contributed by atoms with van der Waals surface area (Å²) in [4.78, 5) is 10.9. The van der Waals surface area contributed by atoms with E-state index in [1.807, 2.05) is 0 Å². The number of alkyl halides is 4. The molecule has 0 saturated carbocycles. The van der Waals surface area contributed by atoms with Crippen molar-refractivity contribution in [3.8, 4) is 11.5 Å². The number of anilines is 1. The van der Waals surface area contributed by atoms with E-state index in [1.165, 1.54) is 12.1 Å². The number of furan rings is 1. The largest absolute Gasteiger partial charge is 0.507 e. The van der Waals surface area contributed by atoms with Crippen molar-refractivity contribution < 1.29 is 41.4 Å². The fraction of sp³-hybridized carbons (Fsp3) is 0.167. The van der Waals surface area contributed by atoms with E-state index in [1.54, 1.807) is 18.2 Å². The predicted octanol–water partition coefficient (Wildman–Crippen LogP) is 4.70. The summed E-state index contributed by atoms with van der Waals surface area (Å²) in [5.41, 5.74) is 1.42. The van der Waals surface area contributed by atoms with Gasteiger partial charge < -0.3 is 24.3 Å². The summed E-state index contributed by atoms with van der Waals surface area (Å²) >= 11 is 0. The lowest BCUT2D eigenvalue weighted by molar-refractivity contribution is -0.391. The summed E-state index contributed by atoms with van der Waals surface area (Å²) < 4.78 is 66.2. The molecule has 0 atom stereocenters. The van der Waals surface area contributed by atoms with Crippen LogP contribution in [0.2, 0.25) is 0 Å². The number of nitrogens with one attached hydrogen (secondary N) is 1. The lowest BCUT2D eigenvalue weighted by Crippen LogP contribution is -2.52. The molecular weight excluding hydrogens is 386 g/mol. The third-order valence-electron chi connectivity index (χ3n) is 4.05. The monoisotopic (exact) mass is 397 g/mol. The van der Waals surface area contributed by atoms with Crippen LogP contribution in [-0.2, 0) is 6.54 Å². The quantitative estimate of drug-likeness (QED) is 0.621. The third kappa shape index (κ3) is 3.06. The van der Waals surface area contributed by atoms with Crippen molar-refractivity contribution in [3.05, 3.63) is 53.8 Å². The Hall–Kier alpha value is -3.43. The minimum Gasteiger partial charge on any atom is -0.475 e. The summed E-state index contributed by atoms with van der Waals surface area (Å²) in [7, 11) is 0. The minimum absolute atomic E-state index is 0.190. The molecule has 28 heavy (non-hydrogen) atoms. The molecule has 4 rings (SSSR count). The molecule has 0 spiro atoms. The Labute approximate surface area is 154 Å². The fourth-order valence-corrected chi connectivity index (χ4v) is 2.67. The van der Waals surface area contributed by atoms with Crippen LogP contribution in [0.15, 0.2) is 46.9 Å². The van der Waals surface area contributed by atoms with Gasteiger partial charge in [-0.25, -0.2) is 4.79 Å². The molecule has 2 N–H and O–H groups in total. The van der Waals surface area contributed by atoms with Crippen LogP contribution in [0.5, 0.6) is 11.5 Å². The zero-order valence-electron chi connectivity index (χ0n) is 13.8. The molecule has 6 nitrogen and oxygen atoms in total. The van der Waals surface area contributed by atoms with Gasteiger partial charge in [-0.1, -0.05) is 12.1 Å². The van der Waals surface area contributed by atoms with Gasteiger partial charge in [-0.2, -0.15) is 17.6 Å². The Bertz CT molecular complexity index is 1080. The average Bonchev–Trinajstić information content (AvgIpc) is 3.04. The lowest BCUT2D eigenvalue weighted by Gasteiger charge is -2.32. The number of hydrogen-bond acceptors (Lipinski definition) is 5. The Morgan fingerprint density at radius 3 is 2.39 bits per heavy atom. The van der Waals surface area contributed by atoms with Crippen molar-refractivity contribution in [2.75, 3.05) is 5.32 Å². The first-order valence-corrected chi connectivity index (χ1v) is 7.92.